The van der Waals surface area contributed by atoms with E-state index < -0.39 is 0 Å². The summed E-state index contributed by atoms with van der Waals surface area (Å²) in [7, 11) is 0. The van der Waals surface area contributed by atoms with Crippen LogP contribution in [0.4, 0.5) is 0 Å². The summed E-state index contributed by atoms with van der Waals surface area (Å²) in [6.07, 6.45) is 2.99. The van der Waals surface area contributed by atoms with Crippen molar-refractivity contribution in [3.8, 4) is 11.3 Å². The number of hydrogen-bond donors (Lipinski definition) is 0. The van der Waals surface area contributed by atoms with Crippen molar-refractivity contribution >= 4 is 27.5 Å². The number of amides is 1. The minimum absolute atomic E-state index is 0.0612. The summed E-state index contributed by atoms with van der Waals surface area (Å²) in [5.74, 6) is 0.517. The fourth-order valence-corrected chi connectivity index (χ4v) is 5.55. The molecule has 0 aliphatic carbocycles. The summed E-state index contributed by atoms with van der Waals surface area (Å²) < 4.78 is 2.08. The molecule has 1 aliphatic rings. The van der Waals surface area contributed by atoms with E-state index in [2.05, 4.69) is 34.3 Å². The van der Waals surface area contributed by atoms with Gasteiger partial charge in [-0.25, -0.2) is 9.67 Å². The number of carbonyl (C=O) groups is 1. The number of fused-ring (bicyclic) bond motifs is 1. The summed E-state index contributed by atoms with van der Waals surface area (Å²) in [6, 6.07) is 18.6. The molecule has 0 atom stereocenters. The zero-order valence-corrected chi connectivity index (χ0v) is 20.3. The number of likely N-dealkylation sites (tertiary alicyclic amines) is 1. The van der Waals surface area contributed by atoms with Gasteiger partial charge in [0.15, 0.2) is 5.52 Å². The standard InChI is InChI=1S/C27H28N4O2S/c1-18-8-10-22(11-9-18)24-26-25(28-19(2)34-26)27(33)31(29-24)17-23(32)30-14-12-21(13-15-30)16-20-6-4-3-5-7-20/h3-11,21H,12-17H2,1-2H3. The lowest BCUT2D eigenvalue weighted by Crippen LogP contribution is -2.42. The van der Waals surface area contributed by atoms with Crippen molar-refractivity contribution < 1.29 is 4.79 Å². The topological polar surface area (TPSA) is 68.1 Å². The number of rotatable bonds is 5. The van der Waals surface area contributed by atoms with Crippen molar-refractivity contribution in [2.24, 2.45) is 5.92 Å². The molecule has 1 amide bonds. The van der Waals surface area contributed by atoms with Gasteiger partial charge in [0.25, 0.3) is 5.56 Å². The zero-order valence-electron chi connectivity index (χ0n) is 19.5. The van der Waals surface area contributed by atoms with E-state index >= 15 is 0 Å². The molecule has 174 valence electrons. The van der Waals surface area contributed by atoms with Crippen LogP contribution in [-0.2, 0) is 17.8 Å². The Morgan fingerprint density at radius 1 is 1.03 bits per heavy atom. The van der Waals surface area contributed by atoms with Gasteiger partial charge in [-0.15, -0.1) is 11.3 Å². The smallest absolute Gasteiger partial charge is 0.294 e. The van der Waals surface area contributed by atoms with Gasteiger partial charge in [0.1, 0.15) is 12.2 Å². The molecule has 34 heavy (non-hydrogen) atoms. The normalized spacial score (nSPS) is 14.6. The number of carbonyl (C=O) groups excluding carboxylic acids is 1. The molecule has 0 saturated carbocycles. The van der Waals surface area contributed by atoms with Gasteiger partial charge in [0, 0.05) is 18.7 Å². The van der Waals surface area contributed by atoms with Crippen molar-refractivity contribution in [3.63, 3.8) is 0 Å². The van der Waals surface area contributed by atoms with Gasteiger partial charge in [-0.05, 0) is 44.6 Å². The summed E-state index contributed by atoms with van der Waals surface area (Å²) in [5.41, 5.74) is 4.21. The van der Waals surface area contributed by atoms with E-state index in [4.69, 9.17) is 0 Å². The Morgan fingerprint density at radius 3 is 2.44 bits per heavy atom. The van der Waals surface area contributed by atoms with Crippen LogP contribution in [0.25, 0.3) is 21.5 Å². The van der Waals surface area contributed by atoms with E-state index in [1.807, 2.05) is 49.1 Å². The van der Waals surface area contributed by atoms with E-state index in [1.54, 1.807) is 0 Å². The second kappa shape index (κ2) is 9.50. The third-order valence-corrected chi connectivity index (χ3v) is 7.53. The van der Waals surface area contributed by atoms with E-state index in [1.165, 1.54) is 21.6 Å². The van der Waals surface area contributed by atoms with E-state index in [9.17, 15) is 9.59 Å². The lowest BCUT2D eigenvalue weighted by Gasteiger charge is -2.32. The molecular weight excluding hydrogens is 444 g/mol. The largest absolute Gasteiger partial charge is 0.341 e. The van der Waals surface area contributed by atoms with Crippen molar-refractivity contribution in [1.82, 2.24) is 19.7 Å². The van der Waals surface area contributed by atoms with Gasteiger partial charge >= 0.3 is 0 Å². The molecule has 7 heteroatoms. The lowest BCUT2D eigenvalue weighted by atomic mass is 9.90. The first-order chi connectivity index (χ1) is 16.5. The molecule has 3 heterocycles. The maximum atomic E-state index is 13.1. The first-order valence-electron chi connectivity index (χ1n) is 11.7. The average Bonchev–Trinajstić information content (AvgIpc) is 3.24. The summed E-state index contributed by atoms with van der Waals surface area (Å²) in [4.78, 5) is 32.6. The summed E-state index contributed by atoms with van der Waals surface area (Å²) in [6.45, 7) is 5.29. The zero-order chi connectivity index (χ0) is 23.7. The molecule has 2 aromatic carbocycles. The van der Waals surface area contributed by atoms with Crippen molar-refractivity contribution in [1.29, 1.82) is 0 Å². The van der Waals surface area contributed by atoms with Crippen LogP contribution in [0.1, 0.15) is 29.0 Å². The van der Waals surface area contributed by atoms with Gasteiger partial charge in [-0.1, -0.05) is 60.2 Å². The predicted molar refractivity (Wildman–Crippen MR) is 136 cm³/mol. The highest BCUT2D eigenvalue weighted by atomic mass is 32.1. The second-order valence-corrected chi connectivity index (χ2v) is 10.3. The van der Waals surface area contributed by atoms with Crippen LogP contribution in [0.15, 0.2) is 59.4 Å². The number of aryl methyl sites for hydroxylation is 2. The molecule has 0 spiro atoms. The first kappa shape index (κ1) is 22.5. The minimum atomic E-state index is -0.303. The van der Waals surface area contributed by atoms with Gasteiger partial charge in [0.05, 0.1) is 9.71 Å². The predicted octanol–water partition coefficient (Wildman–Crippen LogP) is 4.62. The van der Waals surface area contributed by atoms with Crippen LogP contribution >= 0.6 is 11.3 Å². The van der Waals surface area contributed by atoms with Crippen LogP contribution in [-0.4, -0.2) is 38.7 Å². The molecule has 0 N–H and O–H groups in total. The Labute approximate surface area is 202 Å². The van der Waals surface area contributed by atoms with Crippen LogP contribution in [0.2, 0.25) is 0 Å². The van der Waals surface area contributed by atoms with Crippen molar-refractivity contribution in [2.45, 2.75) is 39.7 Å². The molecular formula is C27H28N4O2S. The third-order valence-electron chi connectivity index (χ3n) is 6.55. The highest BCUT2D eigenvalue weighted by Crippen LogP contribution is 2.29. The number of piperidine rings is 1. The van der Waals surface area contributed by atoms with Crippen molar-refractivity contribution in [3.05, 3.63) is 81.1 Å². The second-order valence-electron chi connectivity index (χ2n) is 9.10. The molecule has 1 saturated heterocycles. The highest BCUT2D eigenvalue weighted by molar-refractivity contribution is 7.19. The number of benzene rings is 2. The van der Waals surface area contributed by atoms with Crippen LogP contribution in [0, 0.1) is 19.8 Å². The maximum Gasteiger partial charge on any atom is 0.294 e. The average molecular weight is 473 g/mol. The molecule has 0 radical (unpaired) electrons. The van der Waals surface area contributed by atoms with Gasteiger partial charge in [-0.3, -0.25) is 9.59 Å². The van der Waals surface area contributed by atoms with E-state index in [-0.39, 0.29) is 18.0 Å². The third kappa shape index (κ3) is 4.66. The molecule has 6 nitrogen and oxygen atoms in total. The van der Waals surface area contributed by atoms with Crippen LogP contribution in [0.5, 0.6) is 0 Å². The minimum Gasteiger partial charge on any atom is -0.341 e. The molecule has 0 unspecified atom stereocenters. The molecule has 4 aromatic rings. The number of nitrogens with zero attached hydrogens (tertiary/aromatic N) is 4. The lowest BCUT2D eigenvalue weighted by molar-refractivity contribution is -0.133. The maximum absolute atomic E-state index is 13.1. The molecule has 2 aromatic heterocycles. The van der Waals surface area contributed by atoms with Gasteiger partial charge in [-0.2, -0.15) is 5.10 Å². The van der Waals surface area contributed by atoms with Gasteiger partial charge in [0.2, 0.25) is 5.91 Å². The first-order valence-corrected chi connectivity index (χ1v) is 12.6. The Hall–Kier alpha value is -3.32. The van der Waals surface area contributed by atoms with Crippen LogP contribution < -0.4 is 5.56 Å². The SMILES string of the molecule is Cc1ccc(-c2nn(CC(=O)N3CCC(Cc4ccccc4)CC3)c(=O)c3nc(C)sc23)cc1. The molecule has 1 fully saturated rings. The summed E-state index contributed by atoms with van der Waals surface area (Å²) >= 11 is 1.47. The van der Waals surface area contributed by atoms with Crippen molar-refractivity contribution in [2.75, 3.05) is 13.1 Å². The van der Waals surface area contributed by atoms with E-state index in [0.29, 0.717) is 30.2 Å². The highest BCUT2D eigenvalue weighted by Gasteiger charge is 2.25. The monoisotopic (exact) mass is 472 g/mol. The molecule has 1 aliphatic heterocycles. The fourth-order valence-electron chi connectivity index (χ4n) is 4.64. The fraction of sp³-hybridized carbons (Fsp3) is 0.333. The van der Waals surface area contributed by atoms with Gasteiger partial charge < -0.3 is 4.90 Å². The number of hydrogen-bond acceptors (Lipinski definition) is 5. The Morgan fingerprint density at radius 2 is 1.74 bits per heavy atom. The quantitative estimate of drug-likeness (QED) is 0.425. The molecule has 0 bridgehead atoms. The summed E-state index contributed by atoms with van der Waals surface area (Å²) in [5, 5.41) is 5.46. The Kier molecular flexibility index (Phi) is 6.28. The molecule has 5 rings (SSSR count). The van der Waals surface area contributed by atoms with Crippen LogP contribution in [0.3, 0.4) is 0 Å². The Balaban J connectivity index is 1.34. The Bertz CT molecular complexity index is 1370. The van der Waals surface area contributed by atoms with E-state index in [0.717, 1.165) is 40.1 Å². The number of thiazole rings is 1. The number of aromatic nitrogens is 3.